The van der Waals surface area contributed by atoms with E-state index in [1.807, 2.05) is 19.9 Å². The molecule has 3 aromatic rings. The molecule has 1 atom stereocenters. The Hall–Kier alpha value is -3.06. The van der Waals surface area contributed by atoms with Gasteiger partial charge in [0.25, 0.3) is 5.56 Å². The normalized spacial score (nSPS) is 16.7. The molecule has 0 spiro atoms. The van der Waals surface area contributed by atoms with Crippen molar-refractivity contribution in [1.29, 1.82) is 5.26 Å². The van der Waals surface area contributed by atoms with Gasteiger partial charge >= 0.3 is 0 Å². The minimum atomic E-state index is -3.53. The molecule has 0 N–H and O–H groups in total. The van der Waals surface area contributed by atoms with Gasteiger partial charge in [-0.25, -0.2) is 13.4 Å². The van der Waals surface area contributed by atoms with Crippen molar-refractivity contribution in [3.05, 3.63) is 69.8 Å². The van der Waals surface area contributed by atoms with Gasteiger partial charge in [0, 0.05) is 33.2 Å². The summed E-state index contributed by atoms with van der Waals surface area (Å²) in [5.74, 6) is 0.613. The van der Waals surface area contributed by atoms with Crippen molar-refractivity contribution < 1.29 is 8.42 Å². The van der Waals surface area contributed by atoms with Crippen molar-refractivity contribution in [2.75, 3.05) is 26.2 Å². The molecule has 0 saturated carbocycles. The van der Waals surface area contributed by atoms with Gasteiger partial charge in [-0.1, -0.05) is 17.7 Å². The van der Waals surface area contributed by atoms with Crippen LogP contribution in [0.2, 0.25) is 0 Å². The number of piperazine rings is 1. The van der Waals surface area contributed by atoms with E-state index in [4.69, 9.17) is 5.26 Å². The summed E-state index contributed by atoms with van der Waals surface area (Å²) in [7, 11) is -1.86. The molecule has 0 aliphatic carbocycles. The summed E-state index contributed by atoms with van der Waals surface area (Å²) >= 11 is 0. The first-order valence-corrected chi connectivity index (χ1v) is 11.9. The van der Waals surface area contributed by atoms with Crippen molar-refractivity contribution >= 4 is 20.9 Å². The minimum Gasteiger partial charge on any atom is -0.298 e. The number of rotatable bonds is 4. The van der Waals surface area contributed by atoms with Gasteiger partial charge in [0.1, 0.15) is 5.82 Å². The van der Waals surface area contributed by atoms with Crippen molar-refractivity contribution in [2.24, 2.45) is 7.05 Å². The molecule has 0 bridgehead atoms. The molecule has 1 unspecified atom stereocenters. The number of fused-ring (bicyclic) bond motifs is 1. The molecule has 1 aromatic heterocycles. The molecule has 8 nitrogen and oxygen atoms in total. The average molecular weight is 452 g/mol. The molecule has 166 valence electrons. The maximum absolute atomic E-state index is 13.0. The SMILES string of the molecule is Cc1ccc(S(=O)(=O)N2CCN(C(C)c3nc4ccc(C#N)cc4c(=O)n3C)CC2)cc1. The van der Waals surface area contributed by atoms with Gasteiger partial charge in [-0.05, 0) is 44.2 Å². The van der Waals surface area contributed by atoms with Crippen LogP contribution in [0, 0.1) is 18.3 Å². The third-order valence-corrected chi connectivity index (χ3v) is 8.01. The van der Waals surface area contributed by atoms with Crippen LogP contribution in [0.15, 0.2) is 52.2 Å². The van der Waals surface area contributed by atoms with Crippen LogP contribution in [0.3, 0.4) is 0 Å². The molecular weight excluding hydrogens is 426 g/mol. The minimum absolute atomic E-state index is 0.169. The highest BCUT2D eigenvalue weighted by Gasteiger charge is 2.31. The van der Waals surface area contributed by atoms with Gasteiger partial charge in [-0.2, -0.15) is 9.57 Å². The number of hydrogen-bond acceptors (Lipinski definition) is 6. The van der Waals surface area contributed by atoms with E-state index in [9.17, 15) is 13.2 Å². The first-order valence-electron chi connectivity index (χ1n) is 10.4. The number of hydrogen-bond donors (Lipinski definition) is 0. The zero-order valence-corrected chi connectivity index (χ0v) is 19.1. The number of sulfonamides is 1. The van der Waals surface area contributed by atoms with Crippen LogP contribution in [0.4, 0.5) is 0 Å². The quantitative estimate of drug-likeness (QED) is 0.603. The zero-order chi connectivity index (χ0) is 23.0. The number of aryl methyl sites for hydroxylation is 1. The van der Waals surface area contributed by atoms with Gasteiger partial charge < -0.3 is 0 Å². The molecule has 1 aliphatic rings. The van der Waals surface area contributed by atoms with Crippen molar-refractivity contribution in [2.45, 2.75) is 24.8 Å². The molecule has 32 heavy (non-hydrogen) atoms. The van der Waals surface area contributed by atoms with Gasteiger partial charge in [-0.15, -0.1) is 0 Å². The maximum Gasteiger partial charge on any atom is 0.261 e. The van der Waals surface area contributed by atoms with Crippen LogP contribution < -0.4 is 5.56 Å². The highest BCUT2D eigenvalue weighted by atomic mass is 32.2. The fourth-order valence-electron chi connectivity index (χ4n) is 4.09. The average Bonchev–Trinajstić information content (AvgIpc) is 2.81. The summed E-state index contributed by atoms with van der Waals surface area (Å²) in [5, 5.41) is 9.51. The Morgan fingerprint density at radius 2 is 1.72 bits per heavy atom. The Kier molecular flexibility index (Phi) is 5.86. The van der Waals surface area contributed by atoms with Gasteiger partial charge in [0.05, 0.1) is 33.5 Å². The topological polar surface area (TPSA) is 99.3 Å². The van der Waals surface area contributed by atoms with E-state index < -0.39 is 10.0 Å². The summed E-state index contributed by atoms with van der Waals surface area (Å²) in [4.78, 5) is 20.0. The lowest BCUT2D eigenvalue weighted by atomic mass is 10.1. The van der Waals surface area contributed by atoms with E-state index in [1.54, 1.807) is 49.5 Å². The standard InChI is InChI=1S/C23H25N5O3S/c1-16-4-7-19(8-5-16)32(30,31)28-12-10-27(11-13-28)17(2)22-25-21-9-6-18(15-24)14-20(21)23(29)26(22)3/h4-9,14,17H,10-13H2,1-3H3. The summed E-state index contributed by atoms with van der Waals surface area (Å²) in [6.45, 7) is 5.71. The number of nitrogens with zero attached hydrogens (tertiary/aromatic N) is 5. The van der Waals surface area contributed by atoms with Gasteiger partial charge in [0.2, 0.25) is 10.0 Å². The van der Waals surface area contributed by atoms with Crippen LogP contribution in [-0.4, -0.2) is 53.4 Å². The molecule has 2 aromatic carbocycles. The lowest BCUT2D eigenvalue weighted by molar-refractivity contribution is 0.139. The van der Waals surface area contributed by atoms with E-state index in [0.717, 1.165) is 5.56 Å². The van der Waals surface area contributed by atoms with E-state index in [-0.39, 0.29) is 11.6 Å². The molecular formula is C23H25N5O3S. The third-order valence-electron chi connectivity index (χ3n) is 6.09. The highest BCUT2D eigenvalue weighted by molar-refractivity contribution is 7.89. The molecule has 2 heterocycles. The number of benzene rings is 2. The highest BCUT2D eigenvalue weighted by Crippen LogP contribution is 2.24. The second kappa shape index (κ2) is 8.47. The molecule has 0 radical (unpaired) electrons. The Morgan fingerprint density at radius 1 is 1.06 bits per heavy atom. The maximum atomic E-state index is 13.0. The molecule has 9 heteroatoms. The fraction of sp³-hybridized carbons (Fsp3) is 0.348. The first kappa shape index (κ1) is 22.1. The summed E-state index contributed by atoms with van der Waals surface area (Å²) in [5.41, 5.74) is 1.78. The van der Waals surface area contributed by atoms with Crippen molar-refractivity contribution in [3.8, 4) is 6.07 Å². The monoisotopic (exact) mass is 451 g/mol. The van der Waals surface area contributed by atoms with Crippen LogP contribution in [0.1, 0.15) is 29.9 Å². The second-order valence-electron chi connectivity index (χ2n) is 8.11. The number of aromatic nitrogens is 2. The van der Waals surface area contributed by atoms with Crippen LogP contribution in [0.25, 0.3) is 10.9 Å². The predicted molar refractivity (Wildman–Crippen MR) is 122 cm³/mol. The Bertz CT molecular complexity index is 1370. The van der Waals surface area contributed by atoms with E-state index in [1.165, 1.54) is 8.87 Å². The van der Waals surface area contributed by atoms with E-state index in [2.05, 4.69) is 9.88 Å². The van der Waals surface area contributed by atoms with Crippen LogP contribution in [0.5, 0.6) is 0 Å². The smallest absolute Gasteiger partial charge is 0.261 e. The lowest BCUT2D eigenvalue weighted by Crippen LogP contribution is -2.49. The van der Waals surface area contributed by atoms with Crippen LogP contribution >= 0.6 is 0 Å². The Labute approximate surface area is 187 Å². The largest absolute Gasteiger partial charge is 0.298 e. The van der Waals surface area contributed by atoms with E-state index >= 15 is 0 Å². The molecule has 1 fully saturated rings. The first-order chi connectivity index (χ1) is 15.2. The van der Waals surface area contributed by atoms with Gasteiger partial charge in [0.15, 0.2) is 0 Å². The summed E-state index contributed by atoms with van der Waals surface area (Å²) < 4.78 is 29.0. The van der Waals surface area contributed by atoms with Crippen LogP contribution in [-0.2, 0) is 17.1 Å². The molecule has 0 amide bonds. The fourth-order valence-corrected chi connectivity index (χ4v) is 5.51. The van der Waals surface area contributed by atoms with Crippen molar-refractivity contribution in [1.82, 2.24) is 18.8 Å². The van der Waals surface area contributed by atoms with Crippen molar-refractivity contribution in [3.63, 3.8) is 0 Å². The summed E-state index contributed by atoms with van der Waals surface area (Å²) in [6, 6.07) is 13.7. The number of nitriles is 1. The van der Waals surface area contributed by atoms with Gasteiger partial charge in [-0.3, -0.25) is 14.3 Å². The summed E-state index contributed by atoms with van der Waals surface area (Å²) in [6.07, 6.45) is 0. The van der Waals surface area contributed by atoms with E-state index in [0.29, 0.717) is 53.4 Å². The molecule has 1 aliphatic heterocycles. The Balaban J connectivity index is 1.55. The Morgan fingerprint density at radius 3 is 2.34 bits per heavy atom. The zero-order valence-electron chi connectivity index (χ0n) is 18.3. The molecule has 1 saturated heterocycles. The predicted octanol–water partition coefficient (Wildman–Crippen LogP) is 2.18. The lowest BCUT2D eigenvalue weighted by Gasteiger charge is -2.37. The molecule has 4 rings (SSSR count). The third kappa shape index (κ3) is 3.93. The second-order valence-corrected chi connectivity index (χ2v) is 10.0.